The lowest BCUT2D eigenvalue weighted by Crippen LogP contribution is -1.92. The Morgan fingerprint density at radius 1 is 1.36 bits per heavy atom. The summed E-state index contributed by atoms with van der Waals surface area (Å²) in [5.74, 6) is 0. The smallest absolute Gasteiger partial charge is 0.397 e. The molecule has 3 nitrogen and oxygen atoms in total. The Bertz CT molecular complexity index is 454. The molecule has 0 radical (unpaired) electrons. The largest absolute Gasteiger partial charge is 0.427 e. The standard InChI is InChI=1S/C7H8N2OP/c1-3-2-4(8)5(9)7-6(3)11(7)10/h2H,8-9H2,1H3/q+1. The molecule has 0 saturated heterocycles. The molecule has 0 aliphatic carbocycles. The summed E-state index contributed by atoms with van der Waals surface area (Å²) in [5.41, 5.74) is 13.2. The minimum absolute atomic E-state index is 0.506. The van der Waals surface area contributed by atoms with Gasteiger partial charge in [0, 0.05) is 5.56 Å². The van der Waals surface area contributed by atoms with Crippen LogP contribution < -0.4 is 11.5 Å². The topological polar surface area (TPSA) is 69.1 Å². The van der Waals surface area contributed by atoms with Gasteiger partial charge < -0.3 is 11.5 Å². The van der Waals surface area contributed by atoms with E-state index in [-0.39, 0.29) is 0 Å². The molecule has 2 rings (SSSR count). The van der Waals surface area contributed by atoms with Crippen molar-refractivity contribution in [1.82, 2.24) is 0 Å². The summed E-state index contributed by atoms with van der Waals surface area (Å²) in [6.45, 7) is 1.90. The van der Waals surface area contributed by atoms with Crippen molar-refractivity contribution in [3.8, 4) is 0 Å². The first-order valence-electron chi connectivity index (χ1n) is 3.28. The minimum Gasteiger partial charge on any atom is -0.397 e. The number of rotatable bonds is 0. The Balaban J connectivity index is 2.95. The van der Waals surface area contributed by atoms with E-state index in [2.05, 4.69) is 0 Å². The number of aryl methyl sites for hydroxylation is 1. The fourth-order valence-corrected chi connectivity index (χ4v) is 2.70. The number of fused-ring (bicyclic) bond motifs is 1. The van der Waals surface area contributed by atoms with Crippen LogP contribution in [0.5, 0.6) is 0 Å². The summed E-state index contributed by atoms with van der Waals surface area (Å²) in [5, 5.41) is 1.68. The van der Waals surface area contributed by atoms with Crippen molar-refractivity contribution >= 4 is 29.0 Å². The quantitative estimate of drug-likeness (QED) is 0.589. The number of hydrogen-bond acceptors (Lipinski definition) is 3. The average molecular weight is 167 g/mol. The highest BCUT2D eigenvalue weighted by Gasteiger charge is 2.35. The SMILES string of the molecule is Cc1cc(N)c(N)c2c1[p+]2=O. The van der Waals surface area contributed by atoms with Crippen LogP contribution >= 0.6 is 7.41 Å². The predicted octanol–water partition coefficient (Wildman–Crippen LogP) is 1.93. The van der Waals surface area contributed by atoms with E-state index in [1.165, 1.54) is 0 Å². The first kappa shape index (κ1) is 6.62. The normalized spacial score (nSPS) is 13.0. The average Bonchev–Trinajstić information content (AvgIpc) is 2.58. The van der Waals surface area contributed by atoms with Gasteiger partial charge in [-0.1, -0.05) is 4.57 Å². The van der Waals surface area contributed by atoms with Crippen molar-refractivity contribution in [2.45, 2.75) is 6.92 Å². The molecule has 1 heterocycles. The molecule has 4 heteroatoms. The highest BCUT2D eigenvalue weighted by Crippen LogP contribution is 2.53. The molecule has 0 aliphatic heterocycles. The number of benzene rings is 1. The van der Waals surface area contributed by atoms with Gasteiger partial charge in [0.15, 0.2) is 0 Å². The van der Waals surface area contributed by atoms with E-state index in [0.717, 1.165) is 15.8 Å². The fourth-order valence-electron chi connectivity index (χ4n) is 1.25. The Morgan fingerprint density at radius 2 is 2.00 bits per heavy atom. The first-order valence-corrected chi connectivity index (χ1v) is 4.54. The van der Waals surface area contributed by atoms with Gasteiger partial charge in [-0.15, -0.1) is 0 Å². The van der Waals surface area contributed by atoms with Crippen molar-refractivity contribution in [2.24, 2.45) is 0 Å². The van der Waals surface area contributed by atoms with Crippen LogP contribution in [0.15, 0.2) is 6.07 Å². The third-order valence-corrected chi connectivity index (χ3v) is 3.52. The molecule has 1 aromatic heterocycles. The van der Waals surface area contributed by atoms with Gasteiger partial charge in [0.2, 0.25) is 0 Å². The van der Waals surface area contributed by atoms with Gasteiger partial charge in [-0.2, -0.15) is 0 Å². The zero-order chi connectivity index (χ0) is 8.17. The van der Waals surface area contributed by atoms with Crippen LogP contribution in [0, 0.1) is 6.92 Å². The highest BCUT2D eigenvalue weighted by atomic mass is 31.1. The van der Waals surface area contributed by atoms with Crippen LogP contribution in [0.1, 0.15) is 5.56 Å². The van der Waals surface area contributed by atoms with Crippen LogP contribution in [0.25, 0.3) is 10.2 Å². The predicted molar refractivity (Wildman–Crippen MR) is 47.5 cm³/mol. The van der Waals surface area contributed by atoms with Gasteiger partial charge >= 0.3 is 7.41 Å². The van der Waals surface area contributed by atoms with Gasteiger partial charge in [-0.25, -0.2) is 0 Å². The lowest BCUT2D eigenvalue weighted by Gasteiger charge is -1.92. The van der Waals surface area contributed by atoms with E-state index in [4.69, 9.17) is 11.5 Å². The van der Waals surface area contributed by atoms with Crippen molar-refractivity contribution in [2.75, 3.05) is 11.5 Å². The van der Waals surface area contributed by atoms with Gasteiger partial charge in [-0.3, -0.25) is 0 Å². The highest BCUT2D eigenvalue weighted by molar-refractivity contribution is 7.59. The molecule has 56 valence electrons. The van der Waals surface area contributed by atoms with Crippen molar-refractivity contribution in [3.63, 3.8) is 0 Å². The van der Waals surface area contributed by atoms with Gasteiger partial charge in [0.05, 0.1) is 5.69 Å². The summed E-state index contributed by atoms with van der Waals surface area (Å²) in [4.78, 5) is 0. The molecule has 0 amide bonds. The molecule has 4 N–H and O–H groups in total. The molecule has 1 unspecified atom stereocenters. The summed E-state index contributed by atoms with van der Waals surface area (Å²) in [6.07, 6.45) is 0. The Hall–Kier alpha value is -1.08. The molecule has 0 saturated carbocycles. The number of nitrogen functional groups attached to an aromatic ring is 2. The lowest BCUT2D eigenvalue weighted by atomic mass is 10.2. The van der Waals surface area contributed by atoms with Gasteiger partial charge in [0.25, 0.3) is 10.2 Å². The third kappa shape index (κ3) is 0.688. The van der Waals surface area contributed by atoms with Crippen LogP contribution in [-0.2, 0) is 4.57 Å². The summed E-state index contributed by atoms with van der Waals surface area (Å²) in [7, 11) is -1.29. The van der Waals surface area contributed by atoms with Gasteiger partial charge in [-0.05, 0) is 13.0 Å². The van der Waals surface area contributed by atoms with Crippen molar-refractivity contribution in [1.29, 1.82) is 0 Å². The minimum atomic E-state index is -1.29. The molecule has 0 spiro atoms. The zero-order valence-electron chi connectivity index (χ0n) is 6.09. The monoisotopic (exact) mass is 167 g/mol. The first-order chi connectivity index (χ1) is 5.13. The molecule has 0 aliphatic rings. The van der Waals surface area contributed by atoms with Gasteiger partial charge in [0.1, 0.15) is 5.69 Å². The Kier molecular flexibility index (Phi) is 1.05. The molecule has 0 fully saturated rings. The maximum atomic E-state index is 11.2. The lowest BCUT2D eigenvalue weighted by molar-refractivity contribution is 0.603. The molecule has 1 atom stereocenters. The van der Waals surface area contributed by atoms with E-state index in [9.17, 15) is 4.57 Å². The van der Waals surface area contributed by atoms with E-state index >= 15 is 0 Å². The maximum Gasteiger partial charge on any atom is 0.427 e. The Labute approximate surface area is 64.4 Å². The van der Waals surface area contributed by atoms with Crippen molar-refractivity contribution in [3.05, 3.63) is 11.6 Å². The van der Waals surface area contributed by atoms with Crippen molar-refractivity contribution < 1.29 is 4.57 Å². The van der Waals surface area contributed by atoms with Crippen LogP contribution in [0.3, 0.4) is 0 Å². The summed E-state index contributed by atoms with van der Waals surface area (Å²) < 4.78 is 11.2. The second-order valence-electron chi connectivity index (χ2n) is 2.69. The number of anilines is 2. The van der Waals surface area contributed by atoms with Crippen LogP contribution in [0.4, 0.5) is 11.4 Å². The second kappa shape index (κ2) is 1.74. The fraction of sp³-hybridized carbons (Fsp3) is 0.143. The van der Waals surface area contributed by atoms with E-state index in [0.29, 0.717) is 11.4 Å². The van der Waals surface area contributed by atoms with Crippen LogP contribution in [0.2, 0.25) is 0 Å². The second-order valence-corrected chi connectivity index (χ2v) is 4.17. The van der Waals surface area contributed by atoms with E-state index < -0.39 is 7.41 Å². The zero-order valence-corrected chi connectivity index (χ0v) is 6.98. The number of hydrogen-bond donors (Lipinski definition) is 2. The molecule has 2 aromatic rings. The molecular formula is C7H8N2OP+. The molecule has 0 bridgehead atoms. The molecular weight excluding hydrogens is 159 g/mol. The van der Waals surface area contributed by atoms with E-state index in [1.54, 1.807) is 6.07 Å². The summed E-state index contributed by atoms with van der Waals surface area (Å²) >= 11 is 0. The van der Waals surface area contributed by atoms with E-state index in [1.807, 2.05) is 6.92 Å². The van der Waals surface area contributed by atoms with Crippen LogP contribution in [-0.4, -0.2) is 0 Å². The maximum absolute atomic E-state index is 11.2. The number of nitrogens with two attached hydrogens (primary N) is 2. The summed E-state index contributed by atoms with van der Waals surface area (Å²) in [6, 6.07) is 1.77. The third-order valence-electron chi connectivity index (χ3n) is 1.89. The Morgan fingerprint density at radius 3 is 2.64 bits per heavy atom. The molecule has 1 aromatic carbocycles. The molecule has 11 heavy (non-hydrogen) atoms.